The third-order valence-corrected chi connectivity index (χ3v) is 2.17. The van der Waals surface area contributed by atoms with Crippen LogP contribution in [-0.2, 0) is 10.3 Å². The maximum atomic E-state index is 5.47. The molecular formula is C10H12O2. The van der Waals surface area contributed by atoms with E-state index in [2.05, 4.69) is 0 Å². The lowest BCUT2D eigenvalue weighted by molar-refractivity contribution is -0.112. The predicted molar refractivity (Wildman–Crippen MR) is 46.0 cm³/mol. The summed E-state index contributed by atoms with van der Waals surface area (Å²) in [5.41, 5.74) is 0.908. The number of para-hydroxylation sites is 1. The largest absolute Gasteiger partial charge is 0.467 e. The summed E-state index contributed by atoms with van der Waals surface area (Å²) in [6, 6.07) is 7.98. The smallest absolute Gasteiger partial charge is 0.190 e. The molecule has 0 amide bonds. The van der Waals surface area contributed by atoms with Crippen molar-refractivity contribution in [3.8, 4) is 5.75 Å². The van der Waals surface area contributed by atoms with Gasteiger partial charge in [0.15, 0.2) is 6.79 Å². The first kappa shape index (κ1) is 7.62. The van der Waals surface area contributed by atoms with Gasteiger partial charge in [-0.2, -0.15) is 0 Å². The van der Waals surface area contributed by atoms with Crippen LogP contribution in [0.4, 0.5) is 0 Å². The van der Waals surface area contributed by atoms with E-state index < -0.39 is 0 Å². The summed E-state index contributed by atoms with van der Waals surface area (Å²) in [6.45, 7) is 4.45. The SMILES string of the molecule is CC1(C)OCOc2ccccc21. The van der Waals surface area contributed by atoms with Gasteiger partial charge in [0.1, 0.15) is 5.75 Å². The highest BCUT2D eigenvalue weighted by atomic mass is 16.7. The van der Waals surface area contributed by atoms with E-state index in [0.717, 1.165) is 11.3 Å². The van der Waals surface area contributed by atoms with Crippen molar-refractivity contribution in [3.63, 3.8) is 0 Å². The van der Waals surface area contributed by atoms with Gasteiger partial charge in [-0.1, -0.05) is 18.2 Å². The Kier molecular flexibility index (Phi) is 1.58. The first-order valence-electron chi connectivity index (χ1n) is 4.06. The Hall–Kier alpha value is -1.02. The number of hydrogen-bond donors (Lipinski definition) is 0. The molecule has 1 aliphatic heterocycles. The van der Waals surface area contributed by atoms with Crippen LogP contribution in [0.1, 0.15) is 19.4 Å². The van der Waals surface area contributed by atoms with Crippen molar-refractivity contribution in [3.05, 3.63) is 29.8 Å². The number of hydrogen-bond acceptors (Lipinski definition) is 2. The Labute approximate surface area is 72.1 Å². The molecule has 0 bridgehead atoms. The number of benzene rings is 1. The minimum Gasteiger partial charge on any atom is -0.467 e. The average molecular weight is 164 g/mol. The van der Waals surface area contributed by atoms with Crippen LogP contribution in [0.3, 0.4) is 0 Å². The summed E-state index contributed by atoms with van der Waals surface area (Å²) < 4.78 is 10.8. The molecule has 12 heavy (non-hydrogen) atoms. The topological polar surface area (TPSA) is 18.5 Å². The van der Waals surface area contributed by atoms with Crippen molar-refractivity contribution in [2.24, 2.45) is 0 Å². The number of fused-ring (bicyclic) bond motifs is 1. The Morgan fingerprint density at radius 1 is 1.25 bits per heavy atom. The molecule has 0 fully saturated rings. The van der Waals surface area contributed by atoms with Crippen LogP contribution in [-0.4, -0.2) is 6.79 Å². The Morgan fingerprint density at radius 3 is 2.75 bits per heavy atom. The van der Waals surface area contributed by atoms with Crippen molar-refractivity contribution in [1.29, 1.82) is 0 Å². The molecule has 1 aromatic rings. The van der Waals surface area contributed by atoms with Crippen molar-refractivity contribution in [1.82, 2.24) is 0 Å². The highest BCUT2D eigenvalue weighted by Crippen LogP contribution is 2.35. The third-order valence-electron chi connectivity index (χ3n) is 2.17. The van der Waals surface area contributed by atoms with Gasteiger partial charge in [-0.25, -0.2) is 0 Å². The second kappa shape index (κ2) is 2.49. The molecule has 0 aliphatic carbocycles. The van der Waals surface area contributed by atoms with E-state index in [-0.39, 0.29) is 5.60 Å². The molecule has 1 aliphatic rings. The molecule has 2 rings (SSSR count). The molecule has 0 aromatic heterocycles. The molecule has 1 heterocycles. The summed E-state index contributed by atoms with van der Waals surface area (Å²) in [5, 5.41) is 0. The van der Waals surface area contributed by atoms with Gasteiger partial charge in [-0.3, -0.25) is 0 Å². The lowest BCUT2D eigenvalue weighted by Crippen LogP contribution is -2.29. The van der Waals surface area contributed by atoms with Crippen molar-refractivity contribution in [2.75, 3.05) is 6.79 Å². The monoisotopic (exact) mass is 164 g/mol. The second-order valence-electron chi connectivity index (χ2n) is 3.41. The minimum atomic E-state index is -0.213. The molecule has 2 nitrogen and oxygen atoms in total. The summed E-state index contributed by atoms with van der Waals surface area (Å²) in [7, 11) is 0. The quantitative estimate of drug-likeness (QED) is 0.585. The molecule has 0 unspecified atom stereocenters. The van der Waals surface area contributed by atoms with Crippen LogP contribution in [0.2, 0.25) is 0 Å². The number of ether oxygens (including phenoxy) is 2. The Morgan fingerprint density at radius 2 is 2.00 bits per heavy atom. The zero-order valence-corrected chi connectivity index (χ0v) is 7.33. The van der Waals surface area contributed by atoms with Crippen LogP contribution in [0.25, 0.3) is 0 Å². The van der Waals surface area contributed by atoms with Gasteiger partial charge in [0.2, 0.25) is 0 Å². The molecule has 0 spiro atoms. The maximum Gasteiger partial charge on any atom is 0.190 e. The van der Waals surface area contributed by atoms with Gasteiger partial charge in [0.25, 0.3) is 0 Å². The molecule has 64 valence electrons. The highest BCUT2D eigenvalue weighted by molar-refractivity contribution is 5.38. The molecule has 0 saturated heterocycles. The summed E-state index contributed by atoms with van der Waals surface area (Å²) in [5.74, 6) is 0.939. The first-order chi connectivity index (χ1) is 5.70. The van der Waals surface area contributed by atoms with E-state index in [1.807, 2.05) is 38.1 Å². The van der Waals surface area contributed by atoms with Crippen LogP contribution < -0.4 is 4.74 Å². The number of rotatable bonds is 0. The van der Waals surface area contributed by atoms with Crippen molar-refractivity contribution >= 4 is 0 Å². The fraction of sp³-hybridized carbons (Fsp3) is 0.400. The van der Waals surface area contributed by atoms with E-state index >= 15 is 0 Å². The van der Waals surface area contributed by atoms with Crippen LogP contribution in [0.15, 0.2) is 24.3 Å². The molecule has 0 atom stereocenters. The minimum absolute atomic E-state index is 0.213. The van der Waals surface area contributed by atoms with Gasteiger partial charge in [-0.15, -0.1) is 0 Å². The zero-order chi connectivity index (χ0) is 8.60. The zero-order valence-electron chi connectivity index (χ0n) is 7.33. The molecule has 1 aromatic carbocycles. The first-order valence-corrected chi connectivity index (χ1v) is 4.06. The third kappa shape index (κ3) is 1.08. The van der Waals surface area contributed by atoms with E-state index in [0.29, 0.717) is 6.79 Å². The lowest BCUT2D eigenvalue weighted by atomic mass is 9.96. The fourth-order valence-electron chi connectivity index (χ4n) is 1.41. The van der Waals surface area contributed by atoms with Crippen LogP contribution in [0, 0.1) is 0 Å². The molecular weight excluding hydrogens is 152 g/mol. The molecule has 0 radical (unpaired) electrons. The predicted octanol–water partition coefficient (Wildman–Crippen LogP) is 2.29. The van der Waals surface area contributed by atoms with E-state index in [4.69, 9.17) is 9.47 Å². The molecule has 0 saturated carbocycles. The van der Waals surface area contributed by atoms with Crippen molar-refractivity contribution < 1.29 is 9.47 Å². The molecule has 0 N–H and O–H groups in total. The second-order valence-corrected chi connectivity index (χ2v) is 3.41. The maximum absolute atomic E-state index is 5.47. The van der Waals surface area contributed by atoms with Gasteiger partial charge < -0.3 is 9.47 Å². The van der Waals surface area contributed by atoms with E-state index in [1.54, 1.807) is 0 Å². The fourth-order valence-corrected chi connectivity index (χ4v) is 1.41. The summed E-state index contributed by atoms with van der Waals surface area (Å²) in [6.07, 6.45) is 0. The van der Waals surface area contributed by atoms with Crippen molar-refractivity contribution in [2.45, 2.75) is 19.4 Å². The summed E-state index contributed by atoms with van der Waals surface area (Å²) >= 11 is 0. The standard InChI is InChI=1S/C10H12O2/c1-10(2)8-5-3-4-6-9(8)11-7-12-10/h3-6H,7H2,1-2H3. The van der Waals surface area contributed by atoms with Crippen LogP contribution in [0.5, 0.6) is 5.75 Å². The Balaban J connectivity index is 2.52. The lowest BCUT2D eigenvalue weighted by Gasteiger charge is -2.32. The van der Waals surface area contributed by atoms with E-state index in [9.17, 15) is 0 Å². The van der Waals surface area contributed by atoms with Gasteiger partial charge in [0.05, 0.1) is 5.60 Å². The highest BCUT2D eigenvalue weighted by Gasteiger charge is 2.28. The van der Waals surface area contributed by atoms with E-state index in [1.165, 1.54) is 0 Å². The molecule has 2 heteroatoms. The van der Waals surface area contributed by atoms with Gasteiger partial charge in [0, 0.05) is 5.56 Å². The van der Waals surface area contributed by atoms with Gasteiger partial charge in [-0.05, 0) is 19.9 Å². The van der Waals surface area contributed by atoms with Gasteiger partial charge >= 0.3 is 0 Å². The van der Waals surface area contributed by atoms with Crippen LogP contribution >= 0.6 is 0 Å². The average Bonchev–Trinajstić information content (AvgIpc) is 2.04. The Bertz CT molecular complexity index is 292. The summed E-state index contributed by atoms with van der Waals surface area (Å²) in [4.78, 5) is 0. The normalized spacial score (nSPS) is 19.5.